The fourth-order valence-electron chi connectivity index (χ4n) is 2.03. The number of rotatable bonds is 8. The van der Waals surface area contributed by atoms with Gasteiger partial charge in [0, 0.05) is 26.1 Å². The third-order valence-corrected chi connectivity index (χ3v) is 3.15. The lowest BCUT2D eigenvalue weighted by atomic mass is 10.2. The molecule has 1 atom stereocenters. The topological polar surface area (TPSA) is 72.0 Å². The molecule has 0 radical (unpaired) electrons. The molecule has 124 valence electrons. The summed E-state index contributed by atoms with van der Waals surface area (Å²) >= 11 is 0. The van der Waals surface area contributed by atoms with Gasteiger partial charge in [-0.1, -0.05) is 0 Å². The highest BCUT2D eigenvalue weighted by molar-refractivity contribution is 14.0. The van der Waals surface area contributed by atoms with Crippen molar-refractivity contribution < 1.29 is 14.3 Å². The molecule has 1 saturated heterocycles. The van der Waals surface area contributed by atoms with E-state index >= 15 is 0 Å². The molecule has 1 unspecified atom stereocenters. The summed E-state index contributed by atoms with van der Waals surface area (Å²) in [6, 6.07) is 0. The largest absolute Gasteiger partial charge is 0.469 e. The van der Waals surface area contributed by atoms with Crippen LogP contribution in [0.2, 0.25) is 0 Å². The molecule has 0 bridgehead atoms. The molecule has 1 fully saturated rings. The predicted octanol–water partition coefficient (Wildman–Crippen LogP) is 1.68. The van der Waals surface area contributed by atoms with E-state index in [0.717, 1.165) is 51.3 Å². The van der Waals surface area contributed by atoms with Crippen molar-refractivity contribution in [3.05, 3.63) is 0 Å². The Morgan fingerprint density at radius 1 is 1.38 bits per heavy atom. The molecule has 1 rings (SSSR count). The fraction of sp³-hybridized carbons (Fsp3) is 0.857. The molecule has 0 amide bonds. The standard InChI is InChI=1S/C14H27N3O3.HI/c1-3-15-14(17-11-12-7-6-10-20-12)16-9-5-4-8-13(18)19-2;/h12H,3-11H2,1-2H3,(H2,15,16,17);1H. The van der Waals surface area contributed by atoms with Gasteiger partial charge in [0.2, 0.25) is 0 Å². The summed E-state index contributed by atoms with van der Waals surface area (Å²) < 4.78 is 10.2. The Morgan fingerprint density at radius 2 is 2.19 bits per heavy atom. The lowest BCUT2D eigenvalue weighted by Crippen LogP contribution is -2.38. The van der Waals surface area contributed by atoms with E-state index in [1.807, 2.05) is 6.92 Å². The molecule has 1 aliphatic rings. The van der Waals surface area contributed by atoms with Crippen molar-refractivity contribution in [1.29, 1.82) is 0 Å². The number of esters is 1. The Morgan fingerprint density at radius 3 is 2.81 bits per heavy atom. The summed E-state index contributed by atoms with van der Waals surface area (Å²) in [5.41, 5.74) is 0. The first-order chi connectivity index (χ1) is 9.76. The van der Waals surface area contributed by atoms with Gasteiger partial charge in [-0.15, -0.1) is 24.0 Å². The Kier molecular flexibility index (Phi) is 12.8. The van der Waals surface area contributed by atoms with Gasteiger partial charge in [0.15, 0.2) is 5.96 Å². The van der Waals surface area contributed by atoms with Crippen molar-refractivity contribution in [2.24, 2.45) is 4.99 Å². The SMILES string of the molecule is CCNC(=NCC1CCCO1)NCCCCC(=O)OC.I. The molecule has 0 aromatic rings. The van der Waals surface area contributed by atoms with Crippen molar-refractivity contribution in [3.8, 4) is 0 Å². The quantitative estimate of drug-likeness (QED) is 0.208. The summed E-state index contributed by atoms with van der Waals surface area (Å²) in [7, 11) is 1.42. The van der Waals surface area contributed by atoms with E-state index < -0.39 is 0 Å². The van der Waals surface area contributed by atoms with E-state index in [1.54, 1.807) is 0 Å². The van der Waals surface area contributed by atoms with Crippen molar-refractivity contribution in [3.63, 3.8) is 0 Å². The van der Waals surface area contributed by atoms with Crippen LogP contribution < -0.4 is 10.6 Å². The first kappa shape index (κ1) is 20.4. The highest BCUT2D eigenvalue weighted by Gasteiger charge is 2.14. The van der Waals surface area contributed by atoms with Crippen molar-refractivity contribution >= 4 is 35.9 Å². The highest BCUT2D eigenvalue weighted by Crippen LogP contribution is 2.11. The molecule has 1 aliphatic heterocycles. The van der Waals surface area contributed by atoms with Crippen LogP contribution in [0.5, 0.6) is 0 Å². The first-order valence-electron chi connectivity index (χ1n) is 7.46. The number of carbonyl (C=O) groups excluding carboxylic acids is 1. The Bertz CT molecular complexity index is 308. The van der Waals surface area contributed by atoms with Gasteiger partial charge in [0.1, 0.15) is 0 Å². The van der Waals surface area contributed by atoms with E-state index in [2.05, 4.69) is 20.4 Å². The van der Waals surface area contributed by atoms with E-state index in [-0.39, 0.29) is 36.0 Å². The molecule has 7 heteroatoms. The van der Waals surface area contributed by atoms with Gasteiger partial charge in [-0.25, -0.2) is 0 Å². The van der Waals surface area contributed by atoms with Crippen LogP contribution in [0.4, 0.5) is 0 Å². The van der Waals surface area contributed by atoms with Crippen LogP contribution in [0.25, 0.3) is 0 Å². The van der Waals surface area contributed by atoms with Crippen molar-refractivity contribution in [2.75, 3.05) is 33.4 Å². The number of hydrogen-bond acceptors (Lipinski definition) is 4. The van der Waals surface area contributed by atoms with Crippen LogP contribution in [-0.4, -0.2) is 51.4 Å². The van der Waals surface area contributed by atoms with E-state index in [0.29, 0.717) is 13.0 Å². The lowest BCUT2D eigenvalue weighted by Gasteiger charge is -2.12. The average molecular weight is 413 g/mol. The lowest BCUT2D eigenvalue weighted by molar-refractivity contribution is -0.140. The number of halogens is 1. The number of methoxy groups -OCH3 is 1. The van der Waals surface area contributed by atoms with Crippen molar-refractivity contribution in [1.82, 2.24) is 10.6 Å². The van der Waals surface area contributed by atoms with Crippen LogP contribution in [-0.2, 0) is 14.3 Å². The third-order valence-electron chi connectivity index (χ3n) is 3.15. The molecule has 0 aromatic heterocycles. The number of nitrogens with zero attached hydrogens (tertiary/aromatic N) is 1. The molecule has 1 heterocycles. The number of aliphatic imine (C=N–C) groups is 1. The molecule has 0 saturated carbocycles. The van der Waals surface area contributed by atoms with Gasteiger partial charge < -0.3 is 20.1 Å². The monoisotopic (exact) mass is 413 g/mol. The molecular formula is C14H28IN3O3. The molecule has 21 heavy (non-hydrogen) atoms. The highest BCUT2D eigenvalue weighted by atomic mass is 127. The van der Waals surface area contributed by atoms with Crippen LogP contribution in [0.3, 0.4) is 0 Å². The minimum atomic E-state index is -0.149. The number of carbonyl (C=O) groups is 1. The zero-order valence-electron chi connectivity index (χ0n) is 13.0. The average Bonchev–Trinajstić information content (AvgIpc) is 2.97. The van der Waals surface area contributed by atoms with E-state index in [4.69, 9.17) is 4.74 Å². The maximum atomic E-state index is 11.0. The van der Waals surface area contributed by atoms with E-state index in [1.165, 1.54) is 7.11 Å². The van der Waals surface area contributed by atoms with Crippen LogP contribution in [0, 0.1) is 0 Å². The maximum Gasteiger partial charge on any atom is 0.305 e. The molecule has 0 aromatic carbocycles. The number of unbranched alkanes of at least 4 members (excludes halogenated alkanes) is 1. The molecule has 2 N–H and O–H groups in total. The smallest absolute Gasteiger partial charge is 0.305 e. The predicted molar refractivity (Wildman–Crippen MR) is 94.2 cm³/mol. The summed E-state index contributed by atoms with van der Waals surface area (Å²) in [5, 5.41) is 6.48. The normalized spacial score (nSPS) is 18.0. The van der Waals surface area contributed by atoms with Gasteiger partial charge in [-0.05, 0) is 32.6 Å². The van der Waals surface area contributed by atoms with Gasteiger partial charge in [0.05, 0.1) is 19.8 Å². The van der Waals surface area contributed by atoms with Crippen LogP contribution in [0.1, 0.15) is 39.0 Å². The number of nitrogens with one attached hydrogen (secondary N) is 2. The number of ether oxygens (including phenoxy) is 2. The second kappa shape index (κ2) is 13.1. The molecular weight excluding hydrogens is 385 g/mol. The summed E-state index contributed by atoms with van der Waals surface area (Å²) in [4.78, 5) is 15.5. The number of hydrogen-bond donors (Lipinski definition) is 2. The third kappa shape index (κ3) is 9.89. The van der Waals surface area contributed by atoms with Gasteiger partial charge in [-0.3, -0.25) is 9.79 Å². The van der Waals surface area contributed by atoms with Crippen LogP contribution >= 0.6 is 24.0 Å². The van der Waals surface area contributed by atoms with Crippen molar-refractivity contribution in [2.45, 2.75) is 45.1 Å². The Labute approximate surface area is 144 Å². The maximum absolute atomic E-state index is 11.0. The zero-order chi connectivity index (χ0) is 14.6. The first-order valence-corrected chi connectivity index (χ1v) is 7.46. The zero-order valence-corrected chi connectivity index (χ0v) is 15.4. The number of guanidine groups is 1. The molecule has 6 nitrogen and oxygen atoms in total. The molecule has 0 aliphatic carbocycles. The van der Waals surface area contributed by atoms with Gasteiger partial charge in [-0.2, -0.15) is 0 Å². The minimum Gasteiger partial charge on any atom is -0.469 e. The summed E-state index contributed by atoms with van der Waals surface area (Å²) in [6.45, 7) is 5.24. The van der Waals surface area contributed by atoms with Gasteiger partial charge in [0.25, 0.3) is 0 Å². The summed E-state index contributed by atoms with van der Waals surface area (Å²) in [6.07, 6.45) is 4.72. The molecule has 0 spiro atoms. The Hall–Kier alpha value is -0.570. The van der Waals surface area contributed by atoms with E-state index in [9.17, 15) is 4.79 Å². The second-order valence-corrected chi connectivity index (χ2v) is 4.81. The second-order valence-electron chi connectivity index (χ2n) is 4.81. The fourth-order valence-corrected chi connectivity index (χ4v) is 2.03. The van der Waals surface area contributed by atoms with Crippen LogP contribution in [0.15, 0.2) is 4.99 Å². The van der Waals surface area contributed by atoms with Gasteiger partial charge >= 0.3 is 5.97 Å². The minimum absolute atomic E-state index is 0. The summed E-state index contributed by atoms with van der Waals surface area (Å²) in [5.74, 6) is 0.671. The Balaban J connectivity index is 0.00000400.